The average Bonchev–Trinajstić information content (AvgIpc) is 2.14. The third-order valence-corrected chi connectivity index (χ3v) is 4.73. The van der Waals surface area contributed by atoms with Crippen LogP contribution in [0.1, 0.15) is 60.3 Å². The number of rotatable bonds is 8. The molecule has 15 heavy (non-hydrogen) atoms. The molecule has 0 rings (SSSR count). The summed E-state index contributed by atoms with van der Waals surface area (Å²) in [4.78, 5) is 0. The van der Waals surface area contributed by atoms with E-state index in [9.17, 15) is 0 Å². The summed E-state index contributed by atoms with van der Waals surface area (Å²) in [6, 6.07) is 0. The van der Waals surface area contributed by atoms with Crippen molar-refractivity contribution in [3.63, 3.8) is 0 Å². The number of unbranched alkanes of at least 4 members (excludes halogenated alkanes) is 2. The second kappa shape index (κ2) is 8.31. The average molecular weight is 232 g/mol. The highest BCUT2D eigenvalue weighted by Gasteiger charge is 2.29. The van der Waals surface area contributed by atoms with Crippen molar-refractivity contribution in [2.75, 3.05) is 13.2 Å². The molecule has 0 aromatic heterocycles. The van der Waals surface area contributed by atoms with Gasteiger partial charge >= 0.3 is 9.28 Å². The molecule has 0 aliphatic rings. The predicted octanol–water partition coefficient (Wildman–Crippen LogP) is 3.64. The molecule has 0 atom stereocenters. The molecule has 0 heterocycles. The topological polar surface area (TPSA) is 18.5 Å². The molecule has 0 amide bonds. The van der Waals surface area contributed by atoms with E-state index in [1.54, 1.807) is 0 Å². The largest absolute Gasteiger partial charge is 0.396 e. The fourth-order valence-corrected chi connectivity index (χ4v) is 3.08. The lowest BCUT2D eigenvalue weighted by Gasteiger charge is -2.28. The maximum absolute atomic E-state index is 5.91. The first-order valence-corrected chi connectivity index (χ1v) is 7.77. The van der Waals surface area contributed by atoms with Crippen molar-refractivity contribution in [2.45, 2.75) is 65.3 Å². The van der Waals surface area contributed by atoms with Crippen molar-refractivity contribution < 1.29 is 8.85 Å². The molecule has 0 fully saturated rings. The van der Waals surface area contributed by atoms with Crippen LogP contribution in [0.15, 0.2) is 0 Å². The summed E-state index contributed by atoms with van der Waals surface area (Å²) < 4.78 is 11.8. The van der Waals surface area contributed by atoms with Gasteiger partial charge in [0, 0.05) is 18.3 Å². The highest BCUT2D eigenvalue weighted by molar-refractivity contribution is 6.48. The summed E-state index contributed by atoms with van der Waals surface area (Å²) in [5.74, 6) is 0. The lowest BCUT2D eigenvalue weighted by atomic mass is 10.3. The minimum Gasteiger partial charge on any atom is -0.396 e. The summed E-state index contributed by atoms with van der Waals surface area (Å²) in [7, 11) is -1.49. The van der Waals surface area contributed by atoms with Gasteiger partial charge in [-0.3, -0.25) is 0 Å². The van der Waals surface area contributed by atoms with Crippen LogP contribution in [-0.2, 0) is 8.85 Å². The van der Waals surface area contributed by atoms with E-state index in [1.807, 2.05) is 0 Å². The smallest absolute Gasteiger partial charge is 0.327 e. The van der Waals surface area contributed by atoms with E-state index in [0.29, 0.717) is 0 Å². The molecule has 0 N–H and O–H groups in total. The highest BCUT2D eigenvalue weighted by atomic mass is 28.3. The van der Waals surface area contributed by atoms with Crippen molar-refractivity contribution in [2.24, 2.45) is 0 Å². The van der Waals surface area contributed by atoms with Crippen LogP contribution in [0.3, 0.4) is 0 Å². The standard InChI is InChI=1S/C12H28O2Si/c1-6-8-10-13-15(12(3,4)5)14-11-9-7-2/h15H,6-11H2,1-5H3. The van der Waals surface area contributed by atoms with Gasteiger partial charge < -0.3 is 8.85 Å². The third-order valence-electron chi connectivity index (χ3n) is 2.24. The Balaban J connectivity index is 3.85. The summed E-state index contributed by atoms with van der Waals surface area (Å²) in [6.07, 6.45) is 4.69. The van der Waals surface area contributed by atoms with Gasteiger partial charge in [-0.05, 0) is 12.8 Å². The zero-order valence-electron chi connectivity index (χ0n) is 11.1. The first-order chi connectivity index (χ1) is 7.02. The normalized spacial score (nSPS) is 12.4. The van der Waals surface area contributed by atoms with Crippen molar-refractivity contribution in [3.05, 3.63) is 0 Å². The van der Waals surface area contributed by atoms with Crippen LogP contribution in [-0.4, -0.2) is 22.5 Å². The molecule has 0 aliphatic heterocycles. The molecule has 2 nitrogen and oxygen atoms in total. The molecule has 0 unspecified atom stereocenters. The van der Waals surface area contributed by atoms with Gasteiger partial charge in [-0.1, -0.05) is 47.5 Å². The highest BCUT2D eigenvalue weighted by Crippen LogP contribution is 2.28. The maximum atomic E-state index is 5.91. The summed E-state index contributed by atoms with van der Waals surface area (Å²) >= 11 is 0. The molecule has 92 valence electrons. The summed E-state index contributed by atoms with van der Waals surface area (Å²) in [5.41, 5.74) is 0. The van der Waals surface area contributed by atoms with Gasteiger partial charge in [0.15, 0.2) is 0 Å². The lowest BCUT2D eigenvalue weighted by molar-refractivity contribution is 0.173. The molecule has 0 bridgehead atoms. The Labute approximate surface area is 97.2 Å². The molecule has 0 radical (unpaired) electrons. The number of hydrogen-bond donors (Lipinski definition) is 0. The van der Waals surface area contributed by atoms with Crippen LogP contribution in [0.4, 0.5) is 0 Å². The zero-order chi connectivity index (χ0) is 11.7. The monoisotopic (exact) mass is 232 g/mol. The molecular weight excluding hydrogens is 204 g/mol. The van der Waals surface area contributed by atoms with Gasteiger partial charge in [-0.2, -0.15) is 0 Å². The van der Waals surface area contributed by atoms with Crippen LogP contribution in [0.2, 0.25) is 5.04 Å². The van der Waals surface area contributed by atoms with E-state index in [-0.39, 0.29) is 5.04 Å². The van der Waals surface area contributed by atoms with Crippen LogP contribution >= 0.6 is 0 Å². The maximum Gasteiger partial charge on any atom is 0.327 e. The second-order valence-electron chi connectivity index (χ2n) is 5.15. The molecule has 0 saturated heterocycles. The molecule has 0 aromatic rings. The fraction of sp³-hybridized carbons (Fsp3) is 1.00. The van der Waals surface area contributed by atoms with E-state index < -0.39 is 9.28 Å². The van der Waals surface area contributed by atoms with E-state index in [0.717, 1.165) is 26.1 Å². The van der Waals surface area contributed by atoms with Crippen LogP contribution in [0.25, 0.3) is 0 Å². The SMILES string of the molecule is CCCCO[SiH](OCCCC)C(C)(C)C. The van der Waals surface area contributed by atoms with E-state index in [2.05, 4.69) is 34.6 Å². The molecule has 3 heteroatoms. The minimum absolute atomic E-state index is 0.210. The van der Waals surface area contributed by atoms with Crippen LogP contribution < -0.4 is 0 Å². The Hall–Kier alpha value is 0.137. The van der Waals surface area contributed by atoms with Crippen LogP contribution in [0.5, 0.6) is 0 Å². The molecule has 0 spiro atoms. The Bertz CT molecular complexity index is 133. The van der Waals surface area contributed by atoms with Crippen molar-refractivity contribution >= 4 is 9.28 Å². The lowest BCUT2D eigenvalue weighted by Crippen LogP contribution is -2.33. The van der Waals surface area contributed by atoms with E-state index in [4.69, 9.17) is 8.85 Å². The first-order valence-electron chi connectivity index (χ1n) is 6.25. The predicted molar refractivity (Wildman–Crippen MR) is 68.6 cm³/mol. The van der Waals surface area contributed by atoms with Crippen molar-refractivity contribution in [3.8, 4) is 0 Å². The number of hydrogen-bond acceptors (Lipinski definition) is 2. The minimum atomic E-state index is -1.49. The van der Waals surface area contributed by atoms with Crippen molar-refractivity contribution in [1.82, 2.24) is 0 Å². The Morgan fingerprint density at radius 2 is 1.27 bits per heavy atom. The van der Waals surface area contributed by atoms with Gasteiger partial charge in [0.05, 0.1) is 0 Å². The van der Waals surface area contributed by atoms with Gasteiger partial charge in [-0.25, -0.2) is 0 Å². The molecule has 0 aliphatic carbocycles. The summed E-state index contributed by atoms with van der Waals surface area (Å²) in [6.45, 7) is 12.8. The molecule has 0 aromatic carbocycles. The molecule has 0 saturated carbocycles. The Morgan fingerprint density at radius 3 is 1.53 bits per heavy atom. The third kappa shape index (κ3) is 8.00. The zero-order valence-corrected chi connectivity index (χ0v) is 12.3. The van der Waals surface area contributed by atoms with Gasteiger partial charge in [-0.15, -0.1) is 0 Å². The van der Waals surface area contributed by atoms with Crippen molar-refractivity contribution in [1.29, 1.82) is 0 Å². The Morgan fingerprint density at radius 1 is 0.867 bits per heavy atom. The van der Waals surface area contributed by atoms with Gasteiger partial charge in [0.2, 0.25) is 0 Å². The quantitative estimate of drug-likeness (QED) is 0.470. The van der Waals surface area contributed by atoms with E-state index >= 15 is 0 Å². The van der Waals surface area contributed by atoms with Gasteiger partial charge in [0.1, 0.15) is 0 Å². The second-order valence-corrected chi connectivity index (χ2v) is 8.21. The fourth-order valence-electron chi connectivity index (χ4n) is 1.22. The first kappa shape index (κ1) is 15.1. The molecular formula is C12H28O2Si. The van der Waals surface area contributed by atoms with E-state index in [1.165, 1.54) is 12.8 Å². The Kier molecular flexibility index (Phi) is 8.38. The van der Waals surface area contributed by atoms with Crippen LogP contribution in [0, 0.1) is 0 Å². The summed E-state index contributed by atoms with van der Waals surface area (Å²) in [5, 5.41) is 0.210. The van der Waals surface area contributed by atoms with Gasteiger partial charge in [0.25, 0.3) is 0 Å².